The second kappa shape index (κ2) is 7.40. The van der Waals surface area contributed by atoms with Gasteiger partial charge in [-0.25, -0.2) is 4.79 Å². The van der Waals surface area contributed by atoms with Crippen LogP contribution < -0.4 is 0 Å². The van der Waals surface area contributed by atoms with Crippen LogP contribution in [-0.4, -0.2) is 36.7 Å². The van der Waals surface area contributed by atoms with Gasteiger partial charge in [0.1, 0.15) is 6.10 Å². The molecule has 2 bridgehead atoms. The minimum Gasteiger partial charge on any atom is -0.468 e. The molecular weight excluding hydrogens is 336 g/mol. The highest BCUT2D eigenvalue weighted by Gasteiger charge is 2.58. The van der Waals surface area contributed by atoms with Gasteiger partial charge in [0.2, 0.25) is 0 Å². The summed E-state index contributed by atoms with van der Waals surface area (Å²) in [5.74, 6) is 2.18. The quantitative estimate of drug-likeness (QED) is 0.721. The first-order valence-electron chi connectivity index (χ1n) is 8.84. The van der Waals surface area contributed by atoms with E-state index < -0.39 is 0 Å². The van der Waals surface area contributed by atoms with Gasteiger partial charge < -0.3 is 9.47 Å². The van der Waals surface area contributed by atoms with Crippen molar-refractivity contribution < 1.29 is 19.1 Å². The first-order valence-corrected chi connectivity index (χ1v) is 9.99. The molecule has 4 rings (SSSR count). The normalized spacial score (nSPS) is 29.4. The molecule has 0 saturated heterocycles. The number of ether oxygens (including phenoxy) is 2. The van der Waals surface area contributed by atoms with Crippen LogP contribution in [0.2, 0.25) is 0 Å². The Balaban J connectivity index is 1.66. The van der Waals surface area contributed by atoms with Gasteiger partial charge in [-0.3, -0.25) is 4.79 Å². The molecule has 5 heteroatoms. The van der Waals surface area contributed by atoms with Gasteiger partial charge in [0.25, 0.3) is 0 Å². The number of benzene rings is 1. The summed E-state index contributed by atoms with van der Waals surface area (Å²) < 4.78 is 10.6. The Morgan fingerprint density at radius 3 is 2.56 bits per heavy atom. The number of thioether (sulfide) groups is 1. The molecule has 3 aliphatic rings. The van der Waals surface area contributed by atoms with Crippen molar-refractivity contribution in [3.8, 4) is 0 Å². The fraction of sp³-hybridized carbons (Fsp3) is 0.600. The predicted molar refractivity (Wildman–Crippen MR) is 98.5 cm³/mol. The average Bonchev–Trinajstić information content (AvgIpc) is 2.62. The summed E-state index contributed by atoms with van der Waals surface area (Å²) in [5.41, 5.74) is 0.897. The predicted octanol–water partition coefficient (Wildman–Crippen LogP) is 3.80. The van der Waals surface area contributed by atoms with E-state index in [1.54, 1.807) is 23.9 Å². The molecule has 0 N–H and O–H groups in total. The lowest BCUT2D eigenvalue weighted by Crippen LogP contribution is -2.59. The lowest BCUT2D eigenvalue weighted by molar-refractivity contribution is -0.155. The van der Waals surface area contributed by atoms with Crippen LogP contribution in [0.15, 0.2) is 30.3 Å². The summed E-state index contributed by atoms with van der Waals surface area (Å²) >= 11 is 1.58. The molecule has 0 aromatic heterocycles. The Hall–Kier alpha value is -1.49. The number of rotatable bonds is 6. The molecule has 0 unspecified atom stereocenters. The van der Waals surface area contributed by atoms with Crippen LogP contribution in [0.25, 0.3) is 0 Å². The average molecular weight is 362 g/mol. The fourth-order valence-electron chi connectivity index (χ4n) is 4.37. The zero-order valence-electron chi connectivity index (χ0n) is 15.1. The molecular formula is C20H26O4S. The van der Waals surface area contributed by atoms with E-state index in [9.17, 15) is 9.59 Å². The summed E-state index contributed by atoms with van der Waals surface area (Å²) in [5, 5.41) is 0. The lowest BCUT2D eigenvalue weighted by Gasteiger charge is -2.62. The van der Waals surface area contributed by atoms with Gasteiger partial charge in [0.15, 0.2) is 0 Å². The van der Waals surface area contributed by atoms with Crippen molar-refractivity contribution in [2.45, 2.75) is 32.8 Å². The highest BCUT2D eigenvalue weighted by atomic mass is 32.2. The molecule has 25 heavy (non-hydrogen) atoms. The van der Waals surface area contributed by atoms with Crippen molar-refractivity contribution in [2.75, 3.05) is 18.6 Å². The van der Waals surface area contributed by atoms with Gasteiger partial charge >= 0.3 is 11.9 Å². The molecule has 1 aromatic rings. The number of methoxy groups -OCH3 is 1. The Labute approximate surface area is 153 Å². The SMILES string of the molecule is COC(=O)CSC[C@@H]1[C@@H](OC(=O)c2ccccc2)C[C@H]2C[C@@H]1C2(C)C. The highest BCUT2D eigenvalue weighted by Crippen LogP contribution is 2.62. The van der Waals surface area contributed by atoms with Crippen LogP contribution in [-0.2, 0) is 14.3 Å². The first kappa shape index (κ1) is 18.3. The van der Waals surface area contributed by atoms with E-state index in [0.29, 0.717) is 34.5 Å². The van der Waals surface area contributed by atoms with Crippen molar-refractivity contribution in [1.82, 2.24) is 0 Å². The van der Waals surface area contributed by atoms with Gasteiger partial charge in [0.05, 0.1) is 18.4 Å². The third-order valence-electron chi connectivity index (χ3n) is 6.08. The second-order valence-corrected chi connectivity index (χ2v) is 8.69. The number of hydrogen-bond donors (Lipinski definition) is 0. The third-order valence-corrected chi connectivity index (χ3v) is 7.14. The Morgan fingerprint density at radius 2 is 1.92 bits per heavy atom. The molecule has 136 valence electrons. The minimum absolute atomic E-state index is 0.0605. The van der Waals surface area contributed by atoms with Crippen LogP contribution >= 0.6 is 11.8 Å². The van der Waals surface area contributed by atoms with Crippen LogP contribution in [0, 0.1) is 23.2 Å². The molecule has 3 aliphatic carbocycles. The van der Waals surface area contributed by atoms with E-state index >= 15 is 0 Å². The molecule has 0 aliphatic heterocycles. The number of hydrogen-bond acceptors (Lipinski definition) is 5. The van der Waals surface area contributed by atoms with E-state index in [4.69, 9.17) is 9.47 Å². The standard InChI is InChI=1S/C20H26O4S/c1-20(2)14-9-16(20)15(11-25-12-18(21)23-3)17(10-14)24-19(22)13-7-5-4-6-8-13/h4-8,14-17H,9-12H2,1-3H3/t14-,15+,16+,17+/m1/s1. The molecule has 4 atom stereocenters. The Kier molecular flexibility index (Phi) is 5.42. The molecule has 0 spiro atoms. The maximum absolute atomic E-state index is 12.5. The number of carbonyl (C=O) groups is 2. The molecule has 0 radical (unpaired) electrons. The monoisotopic (exact) mass is 362 g/mol. The summed E-state index contributed by atoms with van der Waals surface area (Å²) in [7, 11) is 1.41. The maximum atomic E-state index is 12.5. The molecule has 0 amide bonds. The van der Waals surface area contributed by atoms with Crippen LogP contribution in [0.3, 0.4) is 0 Å². The van der Waals surface area contributed by atoms with Gasteiger partial charge in [-0.15, -0.1) is 11.8 Å². The summed E-state index contributed by atoms with van der Waals surface area (Å²) in [4.78, 5) is 23.9. The van der Waals surface area contributed by atoms with Crippen molar-refractivity contribution in [2.24, 2.45) is 23.2 Å². The molecule has 1 aromatic carbocycles. The van der Waals surface area contributed by atoms with Crippen LogP contribution in [0.1, 0.15) is 37.0 Å². The van der Waals surface area contributed by atoms with E-state index in [1.807, 2.05) is 18.2 Å². The van der Waals surface area contributed by atoms with E-state index in [0.717, 1.165) is 12.2 Å². The smallest absolute Gasteiger partial charge is 0.338 e. The molecule has 0 heterocycles. The highest BCUT2D eigenvalue weighted by molar-refractivity contribution is 7.99. The second-order valence-electron chi connectivity index (χ2n) is 7.66. The Morgan fingerprint density at radius 1 is 1.20 bits per heavy atom. The molecule has 3 saturated carbocycles. The van der Waals surface area contributed by atoms with E-state index in [2.05, 4.69) is 13.8 Å². The van der Waals surface area contributed by atoms with E-state index in [1.165, 1.54) is 13.5 Å². The van der Waals surface area contributed by atoms with Gasteiger partial charge in [0, 0.05) is 11.7 Å². The largest absolute Gasteiger partial charge is 0.468 e. The molecule has 4 nitrogen and oxygen atoms in total. The van der Waals surface area contributed by atoms with Gasteiger partial charge in [-0.2, -0.15) is 0 Å². The zero-order chi connectivity index (χ0) is 18.0. The number of fused-ring (bicyclic) bond motifs is 2. The van der Waals surface area contributed by atoms with Gasteiger partial charge in [-0.1, -0.05) is 32.0 Å². The van der Waals surface area contributed by atoms with Crippen molar-refractivity contribution in [3.63, 3.8) is 0 Å². The summed E-state index contributed by atoms with van der Waals surface area (Å²) in [6, 6.07) is 9.17. The van der Waals surface area contributed by atoms with Crippen LogP contribution in [0.5, 0.6) is 0 Å². The third kappa shape index (κ3) is 3.71. The summed E-state index contributed by atoms with van der Waals surface area (Å²) in [6.07, 6.45) is 2.07. The van der Waals surface area contributed by atoms with Crippen molar-refractivity contribution >= 4 is 23.7 Å². The minimum atomic E-state index is -0.243. The zero-order valence-corrected chi connectivity index (χ0v) is 15.9. The number of carbonyl (C=O) groups excluding carboxylic acids is 2. The van der Waals surface area contributed by atoms with Gasteiger partial charge in [-0.05, 0) is 42.2 Å². The van der Waals surface area contributed by atoms with Crippen LogP contribution in [0.4, 0.5) is 0 Å². The molecule has 3 fully saturated rings. The van der Waals surface area contributed by atoms with Crippen molar-refractivity contribution in [3.05, 3.63) is 35.9 Å². The number of esters is 2. The lowest BCUT2D eigenvalue weighted by atomic mass is 9.45. The first-order chi connectivity index (χ1) is 11.9. The maximum Gasteiger partial charge on any atom is 0.338 e. The topological polar surface area (TPSA) is 52.6 Å². The fourth-order valence-corrected chi connectivity index (χ4v) is 5.49. The Bertz CT molecular complexity index is 628. The van der Waals surface area contributed by atoms with E-state index in [-0.39, 0.29) is 18.0 Å². The van der Waals surface area contributed by atoms with Crippen molar-refractivity contribution in [1.29, 1.82) is 0 Å². The summed E-state index contributed by atoms with van der Waals surface area (Å²) in [6.45, 7) is 4.64.